The summed E-state index contributed by atoms with van der Waals surface area (Å²) in [6.07, 6.45) is 1.63. The summed E-state index contributed by atoms with van der Waals surface area (Å²) in [5.74, 6) is 2.06. The van der Waals surface area contributed by atoms with Crippen molar-refractivity contribution in [2.24, 2.45) is 5.92 Å². The monoisotopic (exact) mass is 375 g/mol. The molecule has 2 aromatic rings. The number of ketones is 1. The molecule has 0 aliphatic carbocycles. The lowest BCUT2D eigenvalue weighted by atomic mass is 10.0. The predicted octanol–water partition coefficient (Wildman–Crippen LogP) is 4.42. The molecular weight excluding hydrogens is 350 g/mol. The van der Waals surface area contributed by atoms with Gasteiger partial charge in [-0.25, -0.2) is 4.79 Å². The Balaban J connectivity index is 1.80. The van der Waals surface area contributed by atoms with Crippen molar-refractivity contribution < 1.29 is 18.7 Å². The first kappa shape index (κ1) is 20.1. The highest BCUT2D eigenvalue weighted by Crippen LogP contribution is 2.15. The predicted molar refractivity (Wildman–Crippen MR) is 103 cm³/mol. The van der Waals surface area contributed by atoms with Crippen LogP contribution in [0.2, 0.25) is 0 Å². The first-order chi connectivity index (χ1) is 12.5. The third kappa shape index (κ3) is 7.35. The van der Waals surface area contributed by atoms with E-state index in [0.717, 1.165) is 11.3 Å². The highest BCUT2D eigenvalue weighted by Gasteiger charge is 2.22. The molecule has 0 fully saturated rings. The van der Waals surface area contributed by atoms with Gasteiger partial charge in [0.25, 0.3) is 0 Å². The van der Waals surface area contributed by atoms with E-state index in [1.165, 1.54) is 11.8 Å². The van der Waals surface area contributed by atoms with Crippen molar-refractivity contribution in [1.29, 1.82) is 0 Å². The molecule has 26 heavy (non-hydrogen) atoms. The molecule has 1 aromatic heterocycles. The molecule has 1 atom stereocenters. The molecule has 0 spiro atoms. The number of alkyl carbamates (subject to hydrolysis) is 1. The summed E-state index contributed by atoms with van der Waals surface area (Å²) in [5, 5.41) is 2.71. The summed E-state index contributed by atoms with van der Waals surface area (Å²) in [5.41, 5.74) is 0.906. The number of carbonyl (C=O) groups excluding carboxylic acids is 2. The maximum atomic E-state index is 12.5. The quantitative estimate of drug-likeness (QED) is 0.666. The molecule has 1 heterocycles. The Morgan fingerprint density at radius 3 is 2.58 bits per heavy atom. The molecule has 0 saturated heterocycles. The van der Waals surface area contributed by atoms with Crippen LogP contribution in [0.4, 0.5) is 4.79 Å². The van der Waals surface area contributed by atoms with Gasteiger partial charge in [-0.15, -0.1) is 11.8 Å². The number of rotatable bonds is 10. The number of Topliss-reactive ketones (excluding diaryl/α,β-unsaturated/α-hetero) is 1. The van der Waals surface area contributed by atoms with E-state index in [4.69, 9.17) is 9.15 Å². The largest absolute Gasteiger partial charge is 0.468 e. The first-order valence-corrected chi connectivity index (χ1v) is 9.80. The fourth-order valence-electron chi connectivity index (χ4n) is 2.40. The lowest BCUT2D eigenvalue weighted by Gasteiger charge is -2.19. The van der Waals surface area contributed by atoms with Crippen LogP contribution in [0.5, 0.6) is 0 Å². The zero-order valence-corrected chi connectivity index (χ0v) is 16.0. The van der Waals surface area contributed by atoms with Crippen LogP contribution < -0.4 is 5.32 Å². The molecule has 1 unspecified atom stereocenters. The number of amides is 1. The van der Waals surface area contributed by atoms with Gasteiger partial charge in [0, 0.05) is 0 Å². The van der Waals surface area contributed by atoms with Crippen molar-refractivity contribution in [2.45, 2.75) is 38.7 Å². The van der Waals surface area contributed by atoms with Crippen LogP contribution in [0.3, 0.4) is 0 Å². The third-order valence-electron chi connectivity index (χ3n) is 3.67. The maximum Gasteiger partial charge on any atom is 0.408 e. The number of carbonyl (C=O) groups is 2. The second-order valence-electron chi connectivity index (χ2n) is 6.43. The average molecular weight is 375 g/mol. The van der Waals surface area contributed by atoms with Crippen LogP contribution in [0.25, 0.3) is 0 Å². The molecule has 0 aliphatic rings. The summed E-state index contributed by atoms with van der Waals surface area (Å²) in [7, 11) is 0. The number of benzene rings is 1. The molecule has 0 bridgehead atoms. The van der Waals surface area contributed by atoms with Crippen LogP contribution >= 0.6 is 11.8 Å². The van der Waals surface area contributed by atoms with Crippen LogP contribution in [-0.2, 0) is 21.9 Å². The Morgan fingerprint density at radius 2 is 1.92 bits per heavy atom. The van der Waals surface area contributed by atoms with Gasteiger partial charge in [-0.2, -0.15) is 0 Å². The lowest BCUT2D eigenvalue weighted by molar-refractivity contribution is -0.118. The second-order valence-corrected chi connectivity index (χ2v) is 7.41. The molecule has 140 valence electrons. The second kappa shape index (κ2) is 10.7. The maximum absolute atomic E-state index is 12.5. The smallest absolute Gasteiger partial charge is 0.408 e. The first-order valence-electron chi connectivity index (χ1n) is 8.64. The van der Waals surface area contributed by atoms with Crippen LogP contribution in [-0.4, -0.2) is 23.7 Å². The number of thioether (sulfide) groups is 1. The minimum atomic E-state index is -0.566. The zero-order valence-electron chi connectivity index (χ0n) is 15.1. The molecule has 5 nitrogen and oxygen atoms in total. The van der Waals surface area contributed by atoms with E-state index in [0.29, 0.717) is 17.9 Å². The van der Waals surface area contributed by atoms with Crippen LogP contribution in [0.1, 0.15) is 31.6 Å². The number of nitrogens with one attached hydrogen (secondary N) is 1. The van der Waals surface area contributed by atoms with Gasteiger partial charge in [-0.05, 0) is 30.0 Å². The molecule has 1 N–H and O–H groups in total. The SMILES string of the molecule is CC(C)CC(NC(=O)OCc1ccccc1)C(=O)CSCc1ccco1. The van der Waals surface area contributed by atoms with Crippen LogP contribution in [0, 0.1) is 5.92 Å². The molecular formula is C20H25NO4S. The van der Waals surface area contributed by atoms with E-state index in [1.54, 1.807) is 6.26 Å². The van der Waals surface area contributed by atoms with Gasteiger partial charge < -0.3 is 14.5 Å². The van der Waals surface area contributed by atoms with Crippen LogP contribution in [0.15, 0.2) is 53.1 Å². The minimum absolute atomic E-state index is 0.00748. The molecule has 6 heteroatoms. The van der Waals surface area contributed by atoms with Gasteiger partial charge in [0.1, 0.15) is 12.4 Å². The summed E-state index contributed by atoms with van der Waals surface area (Å²) < 4.78 is 10.5. The summed E-state index contributed by atoms with van der Waals surface area (Å²) in [6.45, 7) is 4.23. The molecule has 1 aromatic carbocycles. The number of ether oxygens (including phenoxy) is 1. The van der Waals surface area contributed by atoms with Crippen molar-refractivity contribution in [3.05, 3.63) is 60.1 Å². The Hall–Kier alpha value is -2.21. The standard InChI is InChI=1S/C20H25NO4S/c1-15(2)11-18(19(22)14-26-13-17-9-6-10-24-17)21-20(23)25-12-16-7-4-3-5-8-16/h3-10,15,18H,11-14H2,1-2H3,(H,21,23). The summed E-state index contributed by atoms with van der Waals surface area (Å²) in [6, 6.07) is 12.6. The summed E-state index contributed by atoms with van der Waals surface area (Å²) in [4.78, 5) is 24.6. The van der Waals surface area contributed by atoms with Crippen molar-refractivity contribution in [3.8, 4) is 0 Å². The number of hydrogen-bond acceptors (Lipinski definition) is 5. The molecule has 0 saturated carbocycles. The summed E-state index contributed by atoms with van der Waals surface area (Å²) >= 11 is 1.48. The van der Waals surface area contributed by atoms with Gasteiger partial charge >= 0.3 is 6.09 Å². The highest BCUT2D eigenvalue weighted by molar-refractivity contribution is 7.99. The Kier molecular flexibility index (Phi) is 8.28. The average Bonchev–Trinajstić information content (AvgIpc) is 3.13. The number of furan rings is 1. The molecule has 2 rings (SSSR count). The Bertz CT molecular complexity index is 670. The van der Waals surface area contributed by atoms with E-state index in [2.05, 4.69) is 5.32 Å². The van der Waals surface area contributed by atoms with Crippen molar-refractivity contribution in [3.63, 3.8) is 0 Å². The Labute approximate surface area is 158 Å². The van der Waals surface area contributed by atoms with Gasteiger partial charge in [0.15, 0.2) is 5.78 Å². The third-order valence-corrected chi connectivity index (χ3v) is 4.65. The van der Waals surface area contributed by atoms with E-state index < -0.39 is 12.1 Å². The Morgan fingerprint density at radius 1 is 1.15 bits per heavy atom. The van der Waals surface area contributed by atoms with E-state index in [-0.39, 0.29) is 18.3 Å². The van der Waals surface area contributed by atoms with Gasteiger partial charge in [-0.3, -0.25) is 4.79 Å². The van der Waals surface area contributed by atoms with Gasteiger partial charge in [0.05, 0.1) is 23.8 Å². The fraction of sp³-hybridized carbons (Fsp3) is 0.400. The molecule has 0 radical (unpaired) electrons. The molecule has 1 amide bonds. The van der Waals surface area contributed by atoms with Crippen molar-refractivity contribution in [1.82, 2.24) is 5.32 Å². The van der Waals surface area contributed by atoms with Crippen molar-refractivity contribution in [2.75, 3.05) is 5.75 Å². The normalized spacial score (nSPS) is 12.0. The van der Waals surface area contributed by atoms with E-state index in [1.807, 2.05) is 56.3 Å². The van der Waals surface area contributed by atoms with Gasteiger partial charge in [0.2, 0.25) is 0 Å². The topological polar surface area (TPSA) is 68.5 Å². The number of hydrogen-bond donors (Lipinski definition) is 1. The van der Waals surface area contributed by atoms with Gasteiger partial charge in [-0.1, -0.05) is 44.2 Å². The van der Waals surface area contributed by atoms with E-state index >= 15 is 0 Å². The minimum Gasteiger partial charge on any atom is -0.468 e. The lowest BCUT2D eigenvalue weighted by Crippen LogP contribution is -2.42. The highest BCUT2D eigenvalue weighted by atomic mass is 32.2. The van der Waals surface area contributed by atoms with E-state index in [9.17, 15) is 9.59 Å². The zero-order chi connectivity index (χ0) is 18.8. The molecule has 0 aliphatic heterocycles. The van der Waals surface area contributed by atoms with Crippen molar-refractivity contribution >= 4 is 23.6 Å². The fourth-order valence-corrected chi connectivity index (χ4v) is 3.27.